The molecule has 0 saturated heterocycles. The Bertz CT molecular complexity index is 505. The summed E-state index contributed by atoms with van der Waals surface area (Å²) in [5.41, 5.74) is 5.07. The fourth-order valence-electron chi connectivity index (χ4n) is 1.83. The molecule has 3 N–H and O–H groups in total. The van der Waals surface area contributed by atoms with E-state index in [0.29, 0.717) is 36.4 Å². The zero-order chi connectivity index (χ0) is 16.2. The number of rotatable bonds is 12. The van der Waals surface area contributed by atoms with Gasteiger partial charge in [-0.05, 0) is 37.8 Å². The van der Waals surface area contributed by atoms with Crippen LogP contribution in [0, 0.1) is 4.64 Å². The molecule has 0 spiro atoms. The molecule has 1 aromatic rings. The molecule has 22 heavy (non-hydrogen) atoms. The van der Waals surface area contributed by atoms with Gasteiger partial charge in [0.15, 0.2) is 10.4 Å². The van der Waals surface area contributed by atoms with Gasteiger partial charge in [0.1, 0.15) is 6.61 Å². The van der Waals surface area contributed by atoms with Crippen LogP contribution >= 0.6 is 12.2 Å². The Kier molecular flexibility index (Phi) is 9.25. The second-order valence-electron chi connectivity index (χ2n) is 4.89. The van der Waals surface area contributed by atoms with E-state index in [1.807, 2.05) is 0 Å². The second-order valence-corrected chi connectivity index (χ2v) is 5.28. The quantitative estimate of drug-likeness (QED) is 0.452. The molecule has 0 aliphatic rings. The molecule has 1 rings (SSSR count). The number of ether oxygens (including phenoxy) is 1. The van der Waals surface area contributed by atoms with Gasteiger partial charge in [-0.2, -0.15) is 4.73 Å². The van der Waals surface area contributed by atoms with E-state index in [9.17, 15) is 4.79 Å². The fraction of sp³-hybridized carbons (Fsp3) is 0.600. The number of primary amides is 1. The average Bonchev–Trinajstić information content (AvgIpc) is 2.49. The maximum absolute atomic E-state index is 10.7. The summed E-state index contributed by atoms with van der Waals surface area (Å²) in [6, 6.07) is 3.57. The molecule has 124 valence electrons. The third kappa shape index (κ3) is 7.42. The van der Waals surface area contributed by atoms with E-state index in [1.54, 1.807) is 18.3 Å². The normalized spacial score (nSPS) is 10.4. The summed E-state index contributed by atoms with van der Waals surface area (Å²) in [5, 5.41) is 8.70. The van der Waals surface area contributed by atoms with Crippen molar-refractivity contribution in [3.8, 4) is 5.75 Å². The van der Waals surface area contributed by atoms with Crippen LogP contribution in [0.4, 0.5) is 0 Å². The van der Waals surface area contributed by atoms with Gasteiger partial charge in [-0.15, -0.1) is 0 Å². The zero-order valence-electron chi connectivity index (χ0n) is 12.7. The first kappa shape index (κ1) is 18.4. The molecule has 0 bridgehead atoms. The molecule has 0 atom stereocenters. The Morgan fingerprint density at radius 2 is 2.00 bits per heavy atom. The highest BCUT2D eigenvalue weighted by atomic mass is 32.1. The summed E-state index contributed by atoms with van der Waals surface area (Å²) in [5.74, 6) is 0.220. The van der Waals surface area contributed by atoms with E-state index in [0.717, 1.165) is 25.7 Å². The number of aliphatic hydroxyl groups excluding tert-OH is 1. The number of hydrogen-bond donors (Lipinski definition) is 2. The number of aliphatic hydroxyl groups is 1. The summed E-state index contributed by atoms with van der Waals surface area (Å²) >= 11 is 5.30. The van der Waals surface area contributed by atoms with Gasteiger partial charge < -0.3 is 20.4 Å². The van der Waals surface area contributed by atoms with Gasteiger partial charge in [-0.25, -0.2) is 0 Å². The second kappa shape index (κ2) is 11.0. The molecule has 0 fully saturated rings. The van der Waals surface area contributed by atoms with Crippen molar-refractivity contribution in [3.05, 3.63) is 23.0 Å². The number of aromatic nitrogens is 1. The van der Waals surface area contributed by atoms with Crippen LogP contribution in [0.15, 0.2) is 18.3 Å². The van der Waals surface area contributed by atoms with Gasteiger partial charge in [0.25, 0.3) is 0 Å². The van der Waals surface area contributed by atoms with Crippen LogP contribution in [-0.4, -0.2) is 35.6 Å². The molecule has 7 heteroatoms. The highest BCUT2D eigenvalue weighted by Gasteiger charge is 2.02. The minimum atomic E-state index is -0.338. The topological polar surface area (TPSA) is 86.7 Å². The lowest BCUT2D eigenvalue weighted by atomic mass is 10.2. The third-order valence-electron chi connectivity index (χ3n) is 2.99. The van der Waals surface area contributed by atoms with Crippen LogP contribution in [0.3, 0.4) is 0 Å². The summed E-state index contributed by atoms with van der Waals surface area (Å²) in [7, 11) is 0. The predicted octanol–water partition coefficient (Wildman–Crippen LogP) is 1.84. The number of unbranched alkanes of at least 4 members (excludes halogenated alkanes) is 3. The average molecular weight is 328 g/mol. The van der Waals surface area contributed by atoms with E-state index in [1.165, 1.54) is 4.73 Å². The van der Waals surface area contributed by atoms with Crippen LogP contribution in [0.1, 0.15) is 38.5 Å². The number of amides is 1. The summed E-state index contributed by atoms with van der Waals surface area (Å²) < 4.78 is 7.53. The Labute approximate surface area is 135 Å². The molecule has 0 saturated carbocycles. The standard InChI is InChI=1S/C15H24N2O4S/c16-14(19)8-6-11-20-13-7-5-9-17(15(13)22)21-12-4-2-1-3-10-18/h5,7,9,18H,1-4,6,8,10-12H2,(H2,16,19). The van der Waals surface area contributed by atoms with Crippen molar-refractivity contribution < 1.29 is 19.5 Å². The van der Waals surface area contributed by atoms with Crippen LogP contribution in [0.5, 0.6) is 5.75 Å². The maximum atomic E-state index is 10.7. The Hall–Kier alpha value is -1.60. The van der Waals surface area contributed by atoms with Crippen molar-refractivity contribution in [2.24, 2.45) is 5.73 Å². The van der Waals surface area contributed by atoms with Gasteiger partial charge in [0.05, 0.1) is 6.61 Å². The van der Waals surface area contributed by atoms with E-state index in [4.69, 9.17) is 32.6 Å². The van der Waals surface area contributed by atoms with E-state index in [-0.39, 0.29) is 12.5 Å². The summed E-state index contributed by atoms with van der Waals surface area (Å²) in [4.78, 5) is 16.3. The predicted molar refractivity (Wildman–Crippen MR) is 86.2 cm³/mol. The third-order valence-corrected chi connectivity index (χ3v) is 3.37. The molecular weight excluding hydrogens is 304 g/mol. The first-order valence-electron chi connectivity index (χ1n) is 7.52. The molecule has 1 aromatic heterocycles. The minimum Gasteiger partial charge on any atom is -0.490 e. The van der Waals surface area contributed by atoms with Crippen molar-refractivity contribution >= 4 is 18.1 Å². The van der Waals surface area contributed by atoms with Gasteiger partial charge >= 0.3 is 0 Å². The lowest BCUT2D eigenvalue weighted by Crippen LogP contribution is -2.15. The highest BCUT2D eigenvalue weighted by molar-refractivity contribution is 7.71. The lowest BCUT2D eigenvalue weighted by Gasteiger charge is -2.12. The fourth-order valence-corrected chi connectivity index (χ4v) is 2.07. The monoisotopic (exact) mass is 328 g/mol. The van der Waals surface area contributed by atoms with Gasteiger partial charge in [-0.1, -0.05) is 18.6 Å². The number of hydrogen-bond acceptors (Lipinski definition) is 5. The largest absolute Gasteiger partial charge is 0.490 e. The maximum Gasteiger partial charge on any atom is 0.217 e. The molecule has 0 aliphatic carbocycles. The summed E-state index contributed by atoms with van der Waals surface area (Å²) in [6.07, 6.45) is 6.34. The van der Waals surface area contributed by atoms with E-state index >= 15 is 0 Å². The van der Waals surface area contributed by atoms with Crippen molar-refractivity contribution in [1.82, 2.24) is 4.73 Å². The van der Waals surface area contributed by atoms with Crippen LogP contribution < -0.4 is 15.3 Å². The smallest absolute Gasteiger partial charge is 0.217 e. The van der Waals surface area contributed by atoms with Crippen LogP contribution in [0.2, 0.25) is 0 Å². The van der Waals surface area contributed by atoms with Crippen molar-refractivity contribution in [1.29, 1.82) is 0 Å². The Balaban J connectivity index is 2.37. The molecule has 0 radical (unpaired) electrons. The first-order chi connectivity index (χ1) is 10.6. The van der Waals surface area contributed by atoms with E-state index < -0.39 is 0 Å². The Morgan fingerprint density at radius 3 is 2.73 bits per heavy atom. The minimum absolute atomic E-state index is 0.237. The van der Waals surface area contributed by atoms with Crippen LogP contribution in [-0.2, 0) is 4.79 Å². The van der Waals surface area contributed by atoms with Crippen molar-refractivity contribution in [2.75, 3.05) is 19.8 Å². The number of nitrogens with zero attached hydrogens (tertiary/aromatic N) is 1. The molecular formula is C15H24N2O4S. The zero-order valence-corrected chi connectivity index (χ0v) is 13.5. The molecule has 0 aliphatic heterocycles. The van der Waals surface area contributed by atoms with Gasteiger partial charge in [0.2, 0.25) is 5.91 Å². The lowest BCUT2D eigenvalue weighted by molar-refractivity contribution is -0.118. The molecule has 1 amide bonds. The number of nitrogens with two attached hydrogens (primary N) is 1. The number of carbonyl (C=O) groups excluding carboxylic acids is 1. The molecule has 6 nitrogen and oxygen atoms in total. The van der Waals surface area contributed by atoms with E-state index in [2.05, 4.69) is 0 Å². The van der Waals surface area contributed by atoms with Crippen LogP contribution in [0.25, 0.3) is 0 Å². The molecule has 1 heterocycles. The molecule has 0 unspecified atom stereocenters. The number of carbonyl (C=O) groups is 1. The first-order valence-corrected chi connectivity index (χ1v) is 7.93. The van der Waals surface area contributed by atoms with Crippen molar-refractivity contribution in [3.63, 3.8) is 0 Å². The summed E-state index contributed by atoms with van der Waals surface area (Å²) in [6.45, 7) is 1.18. The number of pyridine rings is 1. The highest BCUT2D eigenvalue weighted by Crippen LogP contribution is 2.13. The molecule has 0 aromatic carbocycles. The van der Waals surface area contributed by atoms with Gasteiger partial charge in [0, 0.05) is 19.2 Å². The Morgan fingerprint density at radius 1 is 1.23 bits per heavy atom. The SMILES string of the molecule is NC(=O)CCCOc1cccn(OCCCCCCO)c1=S. The van der Waals surface area contributed by atoms with Gasteiger partial charge in [-0.3, -0.25) is 4.79 Å². The van der Waals surface area contributed by atoms with Crippen molar-refractivity contribution in [2.45, 2.75) is 38.5 Å².